The number of anilines is 3. The van der Waals surface area contributed by atoms with Crippen LogP contribution in [0.4, 0.5) is 21.6 Å². The fraction of sp³-hybridized carbons (Fsp3) is 0.125. The van der Waals surface area contributed by atoms with Crippen molar-refractivity contribution in [3.05, 3.63) is 46.9 Å². The topological polar surface area (TPSA) is 59.1 Å². The Bertz CT molecular complexity index is 903. The molecule has 0 amide bonds. The van der Waals surface area contributed by atoms with Gasteiger partial charge in [0.05, 0.1) is 15.7 Å². The molecule has 1 aromatic heterocycles. The molecule has 5 nitrogen and oxygen atoms in total. The lowest BCUT2D eigenvalue weighted by atomic mass is 10.1. The molecule has 0 bridgehead atoms. The highest BCUT2D eigenvalue weighted by molar-refractivity contribution is 9.10. The van der Waals surface area contributed by atoms with Gasteiger partial charge in [-0.05, 0) is 40.2 Å². The number of rotatable bonds is 2. The van der Waals surface area contributed by atoms with Gasteiger partial charge in [0.1, 0.15) is 30.3 Å². The largest absolute Gasteiger partial charge is 0.490 e. The Kier molecular flexibility index (Phi) is 3.49. The van der Waals surface area contributed by atoms with Crippen LogP contribution < -0.4 is 15.4 Å². The fourth-order valence-electron chi connectivity index (χ4n) is 2.50. The summed E-state index contributed by atoms with van der Waals surface area (Å²) in [5.74, 6) is 1.14. The van der Waals surface area contributed by atoms with Gasteiger partial charge in [0.25, 0.3) is 0 Å². The summed E-state index contributed by atoms with van der Waals surface area (Å²) >= 11 is 3.18. The molecule has 0 aliphatic carbocycles. The van der Waals surface area contributed by atoms with Gasteiger partial charge < -0.3 is 15.4 Å². The van der Waals surface area contributed by atoms with E-state index >= 15 is 0 Å². The predicted molar refractivity (Wildman–Crippen MR) is 90.9 cm³/mol. The smallest absolute Gasteiger partial charge is 0.144 e. The molecule has 116 valence electrons. The molecule has 0 fully saturated rings. The second-order valence-corrected chi connectivity index (χ2v) is 5.97. The Labute approximate surface area is 140 Å². The molecular formula is C16H12BrFN4O. The molecule has 3 aromatic rings. The number of halogens is 2. The average molecular weight is 375 g/mol. The molecule has 0 saturated heterocycles. The van der Waals surface area contributed by atoms with Crippen LogP contribution in [0.1, 0.15) is 0 Å². The molecule has 4 rings (SSSR count). The number of nitrogens with zero attached hydrogens (tertiary/aromatic N) is 2. The monoisotopic (exact) mass is 374 g/mol. The van der Waals surface area contributed by atoms with E-state index in [1.54, 1.807) is 12.1 Å². The van der Waals surface area contributed by atoms with Crippen molar-refractivity contribution in [2.24, 2.45) is 0 Å². The highest BCUT2D eigenvalue weighted by atomic mass is 79.9. The van der Waals surface area contributed by atoms with Gasteiger partial charge in [-0.2, -0.15) is 0 Å². The first kappa shape index (κ1) is 14.2. The molecule has 0 spiro atoms. The van der Waals surface area contributed by atoms with Crippen LogP contribution in [0.25, 0.3) is 10.9 Å². The van der Waals surface area contributed by atoms with Gasteiger partial charge in [-0.1, -0.05) is 0 Å². The zero-order chi connectivity index (χ0) is 15.8. The van der Waals surface area contributed by atoms with Gasteiger partial charge in [0, 0.05) is 23.7 Å². The molecule has 0 saturated carbocycles. The summed E-state index contributed by atoms with van der Waals surface area (Å²) in [4.78, 5) is 8.60. The Balaban J connectivity index is 1.78. The van der Waals surface area contributed by atoms with Gasteiger partial charge >= 0.3 is 0 Å². The van der Waals surface area contributed by atoms with E-state index in [0.717, 1.165) is 34.6 Å². The van der Waals surface area contributed by atoms with E-state index in [-0.39, 0.29) is 5.82 Å². The quantitative estimate of drug-likeness (QED) is 0.707. The molecule has 2 N–H and O–H groups in total. The van der Waals surface area contributed by atoms with Crippen molar-refractivity contribution in [3.8, 4) is 5.75 Å². The van der Waals surface area contributed by atoms with Crippen molar-refractivity contribution >= 4 is 44.0 Å². The number of benzene rings is 2. The van der Waals surface area contributed by atoms with Gasteiger partial charge in [0.2, 0.25) is 0 Å². The first-order valence-electron chi connectivity index (χ1n) is 7.08. The fourth-order valence-corrected chi connectivity index (χ4v) is 2.88. The minimum Gasteiger partial charge on any atom is -0.490 e. The van der Waals surface area contributed by atoms with Crippen molar-refractivity contribution < 1.29 is 9.13 Å². The molecule has 0 unspecified atom stereocenters. The molecular weight excluding hydrogens is 363 g/mol. The van der Waals surface area contributed by atoms with E-state index < -0.39 is 0 Å². The Hall–Kier alpha value is -2.41. The number of nitrogens with one attached hydrogen (secondary N) is 2. The van der Waals surface area contributed by atoms with E-state index in [4.69, 9.17) is 4.74 Å². The molecule has 0 atom stereocenters. The Morgan fingerprint density at radius 1 is 1.22 bits per heavy atom. The zero-order valence-corrected chi connectivity index (χ0v) is 13.5. The van der Waals surface area contributed by atoms with Crippen molar-refractivity contribution in [1.29, 1.82) is 0 Å². The molecule has 2 aromatic carbocycles. The van der Waals surface area contributed by atoms with Crippen LogP contribution >= 0.6 is 15.9 Å². The third-order valence-electron chi connectivity index (χ3n) is 3.59. The maximum Gasteiger partial charge on any atom is 0.144 e. The van der Waals surface area contributed by atoms with E-state index in [9.17, 15) is 4.39 Å². The standard InChI is InChI=1S/C16H12BrFN4O/c17-11-5-9(1-2-12(11)18)22-16-10-6-14-15(23-4-3-19-14)7-13(10)20-8-21-16/h1-2,5-8,19H,3-4H2,(H,20,21,22). The van der Waals surface area contributed by atoms with Gasteiger partial charge in [-0.25, -0.2) is 14.4 Å². The van der Waals surface area contributed by atoms with Crippen molar-refractivity contribution in [2.45, 2.75) is 0 Å². The third-order valence-corrected chi connectivity index (χ3v) is 4.20. The molecule has 0 radical (unpaired) electrons. The summed E-state index contributed by atoms with van der Waals surface area (Å²) in [6, 6.07) is 8.58. The molecule has 23 heavy (non-hydrogen) atoms. The summed E-state index contributed by atoms with van der Waals surface area (Å²) in [6.45, 7) is 1.40. The van der Waals surface area contributed by atoms with Crippen LogP contribution in [0.15, 0.2) is 41.1 Å². The Morgan fingerprint density at radius 2 is 2.13 bits per heavy atom. The molecule has 1 aliphatic heterocycles. The predicted octanol–water partition coefficient (Wildman–Crippen LogP) is 4.08. The maximum atomic E-state index is 13.4. The van der Waals surface area contributed by atoms with E-state index in [1.165, 1.54) is 12.4 Å². The normalized spacial score (nSPS) is 13.1. The SMILES string of the molecule is Fc1ccc(Nc2ncnc3cc4c(cc23)NCCO4)cc1Br. The molecule has 1 aliphatic rings. The van der Waals surface area contributed by atoms with Crippen LogP contribution in [0, 0.1) is 5.82 Å². The minimum absolute atomic E-state index is 0.307. The first-order valence-corrected chi connectivity index (χ1v) is 7.87. The number of ether oxygens (including phenoxy) is 1. The van der Waals surface area contributed by atoms with Crippen LogP contribution in [-0.4, -0.2) is 23.1 Å². The molecule has 7 heteroatoms. The second-order valence-electron chi connectivity index (χ2n) is 5.12. The summed E-state index contributed by atoms with van der Waals surface area (Å²) in [7, 11) is 0. The van der Waals surface area contributed by atoms with Gasteiger partial charge in [-0.3, -0.25) is 0 Å². The van der Waals surface area contributed by atoms with Crippen LogP contribution in [-0.2, 0) is 0 Å². The van der Waals surface area contributed by atoms with Crippen LogP contribution in [0.2, 0.25) is 0 Å². The third kappa shape index (κ3) is 2.68. The summed E-state index contributed by atoms with van der Waals surface area (Å²) in [6.07, 6.45) is 1.49. The number of aromatic nitrogens is 2. The van der Waals surface area contributed by atoms with Gasteiger partial charge in [-0.15, -0.1) is 0 Å². The average Bonchev–Trinajstić information content (AvgIpc) is 2.57. The van der Waals surface area contributed by atoms with Crippen molar-refractivity contribution in [2.75, 3.05) is 23.8 Å². The summed E-state index contributed by atoms with van der Waals surface area (Å²) in [5.41, 5.74) is 2.44. The minimum atomic E-state index is -0.307. The number of hydrogen-bond donors (Lipinski definition) is 2. The van der Waals surface area contributed by atoms with E-state index in [2.05, 4.69) is 36.5 Å². The van der Waals surface area contributed by atoms with E-state index in [0.29, 0.717) is 16.9 Å². The summed E-state index contributed by atoms with van der Waals surface area (Å²) < 4.78 is 19.4. The van der Waals surface area contributed by atoms with Gasteiger partial charge in [0.15, 0.2) is 0 Å². The Morgan fingerprint density at radius 3 is 3.00 bits per heavy atom. The highest BCUT2D eigenvalue weighted by Crippen LogP contribution is 2.34. The molecule has 2 heterocycles. The van der Waals surface area contributed by atoms with Crippen molar-refractivity contribution in [1.82, 2.24) is 9.97 Å². The zero-order valence-electron chi connectivity index (χ0n) is 11.9. The maximum absolute atomic E-state index is 13.4. The lowest BCUT2D eigenvalue weighted by molar-refractivity contribution is 0.324. The number of hydrogen-bond acceptors (Lipinski definition) is 5. The van der Waals surface area contributed by atoms with Crippen LogP contribution in [0.3, 0.4) is 0 Å². The lowest BCUT2D eigenvalue weighted by Crippen LogP contribution is -2.18. The number of fused-ring (bicyclic) bond motifs is 2. The second kappa shape index (κ2) is 5.66. The summed E-state index contributed by atoms with van der Waals surface area (Å²) in [5, 5.41) is 7.37. The lowest BCUT2D eigenvalue weighted by Gasteiger charge is -2.20. The van der Waals surface area contributed by atoms with Crippen molar-refractivity contribution in [3.63, 3.8) is 0 Å². The highest BCUT2D eigenvalue weighted by Gasteiger charge is 2.14. The van der Waals surface area contributed by atoms with Crippen LogP contribution in [0.5, 0.6) is 5.75 Å². The van der Waals surface area contributed by atoms with E-state index in [1.807, 2.05) is 12.1 Å². The first-order chi connectivity index (χ1) is 11.2.